The first-order valence-corrected chi connectivity index (χ1v) is 12.5. The van der Waals surface area contributed by atoms with Crippen molar-refractivity contribution in [1.29, 1.82) is 5.41 Å². The van der Waals surface area contributed by atoms with Gasteiger partial charge in [-0.3, -0.25) is 10.7 Å². The average molecular weight is 475 g/mol. The Morgan fingerprint density at radius 3 is 2.68 bits per heavy atom. The van der Waals surface area contributed by atoms with E-state index in [0.717, 1.165) is 63.6 Å². The van der Waals surface area contributed by atoms with E-state index in [0.29, 0.717) is 29.1 Å². The SMILES string of the molecule is Cc1cc(C)c2oc(Nc3ccc(C(=N)c4c(N)ncnc4[NH2+]C4CCSCC4)cc3)nc2c1. The van der Waals surface area contributed by atoms with Crippen LogP contribution in [0.25, 0.3) is 11.1 Å². The summed E-state index contributed by atoms with van der Waals surface area (Å²) in [5.74, 6) is 3.38. The summed E-state index contributed by atoms with van der Waals surface area (Å²) >= 11 is 1.99. The Hall–Kier alpha value is -3.43. The van der Waals surface area contributed by atoms with Crippen LogP contribution in [0, 0.1) is 19.3 Å². The predicted molar refractivity (Wildman–Crippen MR) is 138 cm³/mol. The number of fused-ring (bicyclic) bond motifs is 1. The molecule has 0 amide bonds. The molecule has 0 spiro atoms. The van der Waals surface area contributed by atoms with Crippen molar-refractivity contribution in [2.45, 2.75) is 32.7 Å². The third-order valence-electron chi connectivity index (χ3n) is 6.06. The number of aryl methyl sites for hydroxylation is 2. The van der Waals surface area contributed by atoms with Crippen molar-refractivity contribution in [3.05, 3.63) is 65.0 Å². The second-order valence-corrected chi connectivity index (χ2v) is 9.89. The van der Waals surface area contributed by atoms with E-state index < -0.39 is 0 Å². The first kappa shape index (κ1) is 22.4. The zero-order valence-corrected chi connectivity index (χ0v) is 20.1. The average Bonchev–Trinajstić information content (AvgIpc) is 3.22. The third kappa shape index (κ3) is 4.62. The molecule has 3 heterocycles. The van der Waals surface area contributed by atoms with Gasteiger partial charge in [0.1, 0.15) is 23.2 Å². The molecule has 2 aromatic carbocycles. The predicted octanol–water partition coefficient (Wildman–Crippen LogP) is 4.07. The lowest BCUT2D eigenvalue weighted by Crippen LogP contribution is -2.86. The van der Waals surface area contributed by atoms with Gasteiger partial charge in [-0.1, -0.05) is 18.2 Å². The summed E-state index contributed by atoms with van der Waals surface area (Å²) in [6.45, 7) is 4.06. The summed E-state index contributed by atoms with van der Waals surface area (Å²) in [5.41, 5.74) is 12.5. The van der Waals surface area contributed by atoms with Crippen molar-refractivity contribution >= 4 is 51.9 Å². The van der Waals surface area contributed by atoms with Crippen LogP contribution in [0.2, 0.25) is 0 Å². The van der Waals surface area contributed by atoms with Gasteiger partial charge in [-0.05, 0) is 54.7 Å². The molecule has 1 aliphatic rings. The van der Waals surface area contributed by atoms with Gasteiger partial charge < -0.3 is 15.5 Å². The van der Waals surface area contributed by atoms with E-state index in [1.165, 1.54) is 6.33 Å². The van der Waals surface area contributed by atoms with Crippen molar-refractivity contribution in [3.8, 4) is 0 Å². The van der Waals surface area contributed by atoms with Gasteiger partial charge >= 0.3 is 0 Å². The van der Waals surface area contributed by atoms with Crippen LogP contribution in [-0.2, 0) is 0 Å². The van der Waals surface area contributed by atoms with Gasteiger partial charge in [0.25, 0.3) is 6.01 Å². The van der Waals surface area contributed by atoms with Gasteiger partial charge in [-0.2, -0.15) is 21.7 Å². The number of rotatable bonds is 6. The summed E-state index contributed by atoms with van der Waals surface area (Å²) in [4.78, 5) is 13.2. The van der Waals surface area contributed by atoms with E-state index in [4.69, 9.17) is 15.6 Å². The molecule has 1 saturated heterocycles. The van der Waals surface area contributed by atoms with Crippen LogP contribution in [0.3, 0.4) is 0 Å². The molecule has 8 nitrogen and oxygen atoms in total. The van der Waals surface area contributed by atoms with Gasteiger partial charge in [0, 0.05) is 24.1 Å². The number of nitrogen functional groups attached to an aromatic ring is 1. The highest BCUT2D eigenvalue weighted by molar-refractivity contribution is 7.99. The molecule has 2 aromatic heterocycles. The van der Waals surface area contributed by atoms with Gasteiger partial charge in [-0.15, -0.1) is 0 Å². The van der Waals surface area contributed by atoms with E-state index in [1.807, 2.05) is 55.9 Å². The Morgan fingerprint density at radius 2 is 1.91 bits per heavy atom. The first-order chi connectivity index (χ1) is 16.5. The zero-order chi connectivity index (χ0) is 23.7. The van der Waals surface area contributed by atoms with Crippen LogP contribution in [-0.4, -0.2) is 38.2 Å². The fraction of sp³-hybridized carbons (Fsp3) is 0.280. The standard InChI is InChI=1S/C25H27N7OS/c1-14-11-15(2)22-19(12-14)32-25(33-22)31-17-5-3-16(4-6-17)21(26)20-23(27)28-13-29-24(20)30-18-7-9-34-10-8-18/h3-6,11-13,18,26H,7-10H2,1-2H3,(H,31,32)(H3,27,28,29,30)/p+1. The minimum absolute atomic E-state index is 0.314. The van der Waals surface area contributed by atoms with Crippen LogP contribution in [0.1, 0.15) is 35.1 Å². The summed E-state index contributed by atoms with van der Waals surface area (Å²) < 4.78 is 5.91. The molecule has 9 heteroatoms. The molecule has 174 valence electrons. The molecule has 4 aromatic rings. The number of benzene rings is 2. The maximum Gasteiger partial charge on any atom is 0.300 e. The Balaban J connectivity index is 1.36. The lowest BCUT2D eigenvalue weighted by atomic mass is 10.0. The third-order valence-corrected chi connectivity index (χ3v) is 7.11. The second-order valence-electron chi connectivity index (χ2n) is 8.66. The molecular formula is C25H28N7OS+. The lowest BCUT2D eigenvalue weighted by Gasteiger charge is -2.20. The van der Waals surface area contributed by atoms with Crippen molar-refractivity contribution in [1.82, 2.24) is 15.0 Å². The van der Waals surface area contributed by atoms with E-state index in [-0.39, 0.29) is 0 Å². The van der Waals surface area contributed by atoms with E-state index in [2.05, 4.69) is 31.7 Å². The van der Waals surface area contributed by atoms with Crippen LogP contribution in [0.4, 0.5) is 23.3 Å². The van der Waals surface area contributed by atoms with Crippen LogP contribution in [0.15, 0.2) is 47.1 Å². The molecule has 6 N–H and O–H groups in total. The van der Waals surface area contributed by atoms with Crippen molar-refractivity contribution in [2.75, 3.05) is 22.6 Å². The highest BCUT2D eigenvalue weighted by atomic mass is 32.2. The van der Waals surface area contributed by atoms with Gasteiger partial charge in [-0.25, -0.2) is 4.98 Å². The number of nitrogens with two attached hydrogens (primary N) is 2. The van der Waals surface area contributed by atoms with Gasteiger partial charge in [0.05, 0.1) is 11.8 Å². The van der Waals surface area contributed by atoms with Crippen LogP contribution >= 0.6 is 11.8 Å². The molecule has 0 aliphatic carbocycles. The Morgan fingerprint density at radius 1 is 1.15 bits per heavy atom. The van der Waals surface area contributed by atoms with Crippen molar-refractivity contribution < 1.29 is 9.73 Å². The Labute approximate surface area is 202 Å². The smallest absolute Gasteiger partial charge is 0.300 e. The van der Waals surface area contributed by atoms with Crippen molar-refractivity contribution in [2.24, 2.45) is 0 Å². The highest BCUT2D eigenvalue weighted by Crippen LogP contribution is 2.27. The number of hydrogen-bond donors (Lipinski definition) is 4. The molecule has 1 aliphatic heterocycles. The van der Waals surface area contributed by atoms with Crippen LogP contribution in [0.5, 0.6) is 0 Å². The van der Waals surface area contributed by atoms with E-state index in [9.17, 15) is 0 Å². The monoisotopic (exact) mass is 474 g/mol. The number of aromatic nitrogens is 3. The summed E-state index contributed by atoms with van der Waals surface area (Å²) in [6, 6.07) is 12.6. The molecular weight excluding hydrogens is 446 g/mol. The normalized spacial score (nSPS) is 14.4. The van der Waals surface area contributed by atoms with Gasteiger partial charge in [0.2, 0.25) is 5.82 Å². The molecule has 34 heavy (non-hydrogen) atoms. The molecule has 0 saturated carbocycles. The number of thioether (sulfide) groups is 1. The maximum absolute atomic E-state index is 8.84. The summed E-state index contributed by atoms with van der Waals surface area (Å²) in [7, 11) is 0. The number of quaternary nitrogens is 1. The quantitative estimate of drug-likeness (QED) is 0.310. The van der Waals surface area contributed by atoms with Crippen LogP contribution < -0.4 is 16.4 Å². The number of nitrogens with one attached hydrogen (secondary N) is 2. The number of anilines is 3. The molecule has 5 rings (SSSR count). The fourth-order valence-corrected chi connectivity index (χ4v) is 5.46. The lowest BCUT2D eigenvalue weighted by molar-refractivity contribution is -0.615. The largest absolute Gasteiger partial charge is 0.423 e. The van der Waals surface area contributed by atoms with E-state index >= 15 is 0 Å². The molecule has 0 radical (unpaired) electrons. The van der Waals surface area contributed by atoms with E-state index in [1.54, 1.807) is 0 Å². The number of oxazole rings is 1. The highest BCUT2D eigenvalue weighted by Gasteiger charge is 2.24. The molecule has 1 fully saturated rings. The topological polar surface area (TPSA) is 130 Å². The fourth-order valence-electron chi connectivity index (χ4n) is 4.32. The number of nitrogens with zero attached hydrogens (tertiary/aromatic N) is 3. The van der Waals surface area contributed by atoms with Crippen molar-refractivity contribution in [3.63, 3.8) is 0 Å². The zero-order valence-electron chi connectivity index (χ0n) is 19.3. The molecule has 0 bridgehead atoms. The second kappa shape index (κ2) is 9.44. The minimum Gasteiger partial charge on any atom is -0.423 e. The molecule has 0 atom stereocenters. The molecule has 0 unspecified atom stereocenters. The summed E-state index contributed by atoms with van der Waals surface area (Å²) in [6.07, 6.45) is 3.72. The minimum atomic E-state index is 0.314. The first-order valence-electron chi connectivity index (χ1n) is 11.3. The number of hydrogen-bond acceptors (Lipinski definition) is 8. The van der Waals surface area contributed by atoms with Gasteiger partial charge in [0.15, 0.2) is 5.58 Å². The Kier molecular flexibility index (Phi) is 6.21. The Bertz CT molecular complexity index is 1340. The summed E-state index contributed by atoms with van der Waals surface area (Å²) in [5, 5.41) is 14.2. The maximum atomic E-state index is 8.84.